The van der Waals surface area contributed by atoms with Crippen LogP contribution in [0.25, 0.3) is 6.08 Å². The molecule has 0 N–H and O–H groups in total. The molecule has 0 bridgehead atoms. The molecule has 6 nitrogen and oxygen atoms in total. The highest BCUT2D eigenvalue weighted by Gasteiger charge is 2.20. The summed E-state index contributed by atoms with van der Waals surface area (Å²) in [7, 11) is 1.68. The van der Waals surface area contributed by atoms with E-state index in [1.54, 1.807) is 19.4 Å². The van der Waals surface area contributed by atoms with Gasteiger partial charge in [0.05, 0.1) is 19.9 Å². The number of rotatable bonds is 6. The fourth-order valence-electron chi connectivity index (χ4n) is 4.06. The van der Waals surface area contributed by atoms with Gasteiger partial charge < -0.3 is 23.5 Å². The van der Waals surface area contributed by atoms with Gasteiger partial charge in [-0.25, -0.2) is 0 Å². The van der Waals surface area contributed by atoms with Gasteiger partial charge in [-0.3, -0.25) is 4.79 Å². The minimum Gasteiger partial charge on any atom is -0.497 e. The Morgan fingerprint density at radius 2 is 1.90 bits per heavy atom. The first-order chi connectivity index (χ1) is 15.0. The first-order valence-corrected chi connectivity index (χ1v) is 10.6. The monoisotopic (exact) mass is 419 g/mol. The van der Waals surface area contributed by atoms with Gasteiger partial charge in [-0.05, 0) is 55.8 Å². The predicted octanol–water partition coefficient (Wildman–Crippen LogP) is 4.12. The SMILES string of the molecule is COc1cccc(N2CCN(C(=O)/C=C/c3cc(C)n(Cc4ccco4)c3C)CC2)c1. The first kappa shape index (κ1) is 20.8. The maximum Gasteiger partial charge on any atom is 0.246 e. The van der Waals surface area contributed by atoms with Gasteiger partial charge in [0.2, 0.25) is 5.91 Å². The van der Waals surface area contributed by atoms with Gasteiger partial charge in [0.25, 0.3) is 0 Å². The maximum atomic E-state index is 12.8. The van der Waals surface area contributed by atoms with Crippen LogP contribution in [0.4, 0.5) is 5.69 Å². The zero-order chi connectivity index (χ0) is 21.8. The molecule has 2 aromatic heterocycles. The van der Waals surface area contributed by atoms with E-state index in [4.69, 9.17) is 9.15 Å². The summed E-state index contributed by atoms with van der Waals surface area (Å²) in [6, 6.07) is 14.0. The summed E-state index contributed by atoms with van der Waals surface area (Å²) in [5.74, 6) is 1.83. The summed E-state index contributed by atoms with van der Waals surface area (Å²) >= 11 is 0. The van der Waals surface area contributed by atoms with Crippen LogP contribution < -0.4 is 9.64 Å². The lowest BCUT2D eigenvalue weighted by Crippen LogP contribution is -2.48. The lowest BCUT2D eigenvalue weighted by atomic mass is 10.2. The highest BCUT2D eigenvalue weighted by molar-refractivity contribution is 5.92. The normalized spacial score (nSPS) is 14.4. The van der Waals surface area contributed by atoms with Gasteiger partial charge >= 0.3 is 0 Å². The number of hydrogen-bond acceptors (Lipinski definition) is 4. The fourth-order valence-corrected chi connectivity index (χ4v) is 4.06. The highest BCUT2D eigenvalue weighted by atomic mass is 16.5. The molecule has 3 heterocycles. The number of methoxy groups -OCH3 is 1. The van der Waals surface area contributed by atoms with E-state index >= 15 is 0 Å². The molecular formula is C25H29N3O3. The van der Waals surface area contributed by atoms with Gasteiger partial charge in [-0.15, -0.1) is 0 Å². The number of nitrogens with zero attached hydrogens (tertiary/aromatic N) is 3. The molecule has 1 aliphatic rings. The smallest absolute Gasteiger partial charge is 0.246 e. The third-order valence-electron chi connectivity index (χ3n) is 5.92. The quantitative estimate of drug-likeness (QED) is 0.564. The average Bonchev–Trinajstić information content (AvgIpc) is 3.41. The van der Waals surface area contributed by atoms with E-state index < -0.39 is 0 Å². The Hall–Kier alpha value is -3.41. The van der Waals surface area contributed by atoms with Crippen LogP contribution in [0.15, 0.2) is 59.2 Å². The molecule has 0 unspecified atom stereocenters. The molecule has 162 valence electrons. The average molecular weight is 420 g/mol. The maximum absolute atomic E-state index is 12.8. The number of carbonyl (C=O) groups excluding carboxylic acids is 1. The van der Waals surface area contributed by atoms with E-state index in [1.807, 2.05) is 41.3 Å². The summed E-state index contributed by atoms with van der Waals surface area (Å²) in [5.41, 5.74) is 4.46. The van der Waals surface area contributed by atoms with E-state index in [-0.39, 0.29) is 5.91 Å². The zero-order valence-electron chi connectivity index (χ0n) is 18.4. The Labute approximate surface area is 183 Å². The van der Waals surface area contributed by atoms with Crippen LogP contribution >= 0.6 is 0 Å². The second-order valence-electron chi connectivity index (χ2n) is 7.84. The molecular weight excluding hydrogens is 390 g/mol. The Morgan fingerprint density at radius 1 is 1.10 bits per heavy atom. The van der Waals surface area contributed by atoms with Crippen molar-refractivity contribution in [3.05, 3.63) is 77.5 Å². The van der Waals surface area contributed by atoms with Gasteiger partial charge in [0, 0.05) is 55.4 Å². The van der Waals surface area contributed by atoms with Crippen LogP contribution in [0.2, 0.25) is 0 Å². The molecule has 1 aliphatic heterocycles. The fraction of sp³-hybridized carbons (Fsp3) is 0.320. The summed E-state index contributed by atoms with van der Waals surface area (Å²) in [5, 5.41) is 0. The third kappa shape index (κ3) is 4.68. The Bertz CT molecular complexity index is 1060. The summed E-state index contributed by atoms with van der Waals surface area (Å²) in [6.45, 7) is 7.88. The zero-order valence-corrected chi connectivity index (χ0v) is 18.4. The molecule has 4 rings (SSSR count). The number of ether oxygens (including phenoxy) is 1. The first-order valence-electron chi connectivity index (χ1n) is 10.6. The van der Waals surface area contributed by atoms with Crippen molar-refractivity contribution in [2.75, 3.05) is 38.2 Å². The molecule has 0 radical (unpaired) electrons. The van der Waals surface area contributed by atoms with Crippen molar-refractivity contribution in [1.29, 1.82) is 0 Å². The number of benzene rings is 1. The number of hydrogen-bond donors (Lipinski definition) is 0. The second kappa shape index (κ2) is 9.16. The van der Waals surface area contributed by atoms with Crippen LogP contribution in [-0.2, 0) is 11.3 Å². The minimum absolute atomic E-state index is 0.0566. The summed E-state index contributed by atoms with van der Waals surface area (Å²) in [6.07, 6.45) is 5.31. The van der Waals surface area contributed by atoms with E-state index in [1.165, 1.54) is 0 Å². The van der Waals surface area contributed by atoms with E-state index in [0.717, 1.165) is 47.2 Å². The van der Waals surface area contributed by atoms with Crippen LogP contribution in [0.3, 0.4) is 0 Å². The minimum atomic E-state index is 0.0566. The number of aromatic nitrogens is 1. The molecule has 3 aromatic rings. The highest BCUT2D eigenvalue weighted by Crippen LogP contribution is 2.22. The van der Waals surface area contributed by atoms with Crippen LogP contribution in [0, 0.1) is 13.8 Å². The number of anilines is 1. The van der Waals surface area contributed by atoms with Crippen molar-refractivity contribution in [2.45, 2.75) is 20.4 Å². The number of aryl methyl sites for hydroxylation is 1. The van der Waals surface area contributed by atoms with Crippen molar-refractivity contribution >= 4 is 17.7 Å². The Balaban J connectivity index is 1.37. The summed E-state index contributed by atoms with van der Waals surface area (Å²) in [4.78, 5) is 17.0. The van der Waals surface area contributed by atoms with Gasteiger partial charge in [0.15, 0.2) is 0 Å². The van der Waals surface area contributed by atoms with Crippen molar-refractivity contribution in [3.63, 3.8) is 0 Å². The lowest BCUT2D eigenvalue weighted by molar-refractivity contribution is -0.126. The van der Waals surface area contributed by atoms with E-state index in [2.05, 4.69) is 35.4 Å². The van der Waals surface area contributed by atoms with Crippen molar-refractivity contribution in [1.82, 2.24) is 9.47 Å². The van der Waals surface area contributed by atoms with Crippen molar-refractivity contribution in [3.8, 4) is 5.75 Å². The largest absolute Gasteiger partial charge is 0.497 e. The molecule has 0 saturated carbocycles. The molecule has 6 heteroatoms. The molecule has 31 heavy (non-hydrogen) atoms. The van der Waals surface area contributed by atoms with Gasteiger partial charge in [-0.1, -0.05) is 6.07 Å². The molecule has 0 spiro atoms. The Morgan fingerprint density at radius 3 is 2.61 bits per heavy atom. The van der Waals surface area contributed by atoms with Gasteiger partial charge in [0.1, 0.15) is 11.5 Å². The van der Waals surface area contributed by atoms with Crippen LogP contribution in [0.5, 0.6) is 5.75 Å². The van der Waals surface area contributed by atoms with Crippen LogP contribution in [0.1, 0.15) is 22.7 Å². The Kier molecular flexibility index (Phi) is 6.16. The topological polar surface area (TPSA) is 50.9 Å². The second-order valence-corrected chi connectivity index (χ2v) is 7.84. The number of piperazine rings is 1. The molecule has 1 saturated heterocycles. The number of carbonyl (C=O) groups is 1. The standard InChI is InChI=1S/C25H29N3O3/c1-19-16-21(20(2)28(19)18-24-8-5-15-31-24)9-10-25(29)27-13-11-26(12-14-27)22-6-4-7-23(17-22)30-3/h4-10,15-17H,11-14,18H2,1-3H3/b10-9+. The van der Waals surface area contributed by atoms with Gasteiger partial charge in [-0.2, -0.15) is 0 Å². The predicted molar refractivity (Wildman–Crippen MR) is 123 cm³/mol. The van der Waals surface area contributed by atoms with E-state index in [9.17, 15) is 4.79 Å². The van der Waals surface area contributed by atoms with Crippen LogP contribution in [-0.4, -0.2) is 48.7 Å². The van der Waals surface area contributed by atoms with Crippen molar-refractivity contribution < 1.29 is 13.9 Å². The van der Waals surface area contributed by atoms with E-state index in [0.29, 0.717) is 19.6 Å². The molecule has 1 fully saturated rings. The van der Waals surface area contributed by atoms with Crippen molar-refractivity contribution in [2.24, 2.45) is 0 Å². The molecule has 0 aliphatic carbocycles. The third-order valence-corrected chi connectivity index (χ3v) is 5.92. The molecule has 0 atom stereocenters. The molecule has 1 amide bonds. The number of furan rings is 1. The molecule has 1 aromatic carbocycles. The lowest BCUT2D eigenvalue weighted by Gasteiger charge is -2.35. The number of amides is 1. The summed E-state index contributed by atoms with van der Waals surface area (Å²) < 4.78 is 13.0.